The molecule has 0 atom stereocenters. The van der Waals surface area contributed by atoms with E-state index in [2.05, 4.69) is 4.98 Å². The van der Waals surface area contributed by atoms with Crippen LogP contribution in [0.25, 0.3) is 0 Å². The van der Waals surface area contributed by atoms with Crippen LogP contribution in [-0.4, -0.2) is 16.9 Å². The molecule has 0 spiro atoms. The quantitative estimate of drug-likeness (QED) is 0.604. The fraction of sp³-hybridized carbons (Fsp3) is 0.500. The van der Waals surface area contributed by atoms with Crippen LogP contribution in [0, 0.1) is 5.41 Å². The molecule has 0 radical (unpaired) electrons. The zero-order valence-corrected chi connectivity index (χ0v) is 9.28. The monoisotopic (exact) mass is 219 g/mol. The fourth-order valence-electron chi connectivity index (χ4n) is 2.00. The third-order valence-electron chi connectivity index (χ3n) is 2.89. The standard InChI is InChI=1S/C12H17N3O/c13-12(14)9-6-7-15-11(8-9)16-10-4-2-1-3-5-10/h6-8,10H,1-5H2,(H3,13,14). The third-order valence-corrected chi connectivity index (χ3v) is 2.89. The van der Waals surface area contributed by atoms with Crippen molar-refractivity contribution in [3.8, 4) is 5.88 Å². The number of hydrogen-bond donors (Lipinski definition) is 2. The van der Waals surface area contributed by atoms with Crippen LogP contribution in [0.4, 0.5) is 0 Å². The zero-order chi connectivity index (χ0) is 11.4. The van der Waals surface area contributed by atoms with Crippen LogP contribution in [0.2, 0.25) is 0 Å². The number of nitrogen functional groups attached to an aromatic ring is 1. The smallest absolute Gasteiger partial charge is 0.214 e. The lowest BCUT2D eigenvalue weighted by atomic mass is 9.98. The summed E-state index contributed by atoms with van der Waals surface area (Å²) < 4.78 is 5.78. The van der Waals surface area contributed by atoms with Crippen LogP contribution >= 0.6 is 0 Å². The Balaban J connectivity index is 2.02. The maximum atomic E-state index is 7.35. The highest BCUT2D eigenvalue weighted by Gasteiger charge is 2.15. The number of amidine groups is 1. The first-order chi connectivity index (χ1) is 7.75. The Kier molecular flexibility index (Phi) is 3.39. The summed E-state index contributed by atoms with van der Waals surface area (Å²) in [6.45, 7) is 0. The van der Waals surface area contributed by atoms with Crippen molar-refractivity contribution in [3.05, 3.63) is 23.9 Å². The Bertz CT molecular complexity index is 372. The van der Waals surface area contributed by atoms with Crippen LogP contribution in [0.15, 0.2) is 18.3 Å². The van der Waals surface area contributed by atoms with Gasteiger partial charge in [0.1, 0.15) is 11.9 Å². The molecule has 3 N–H and O–H groups in total. The summed E-state index contributed by atoms with van der Waals surface area (Å²) in [4.78, 5) is 4.14. The largest absolute Gasteiger partial charge is 0.474 e. The van der Waals surface area contributed by atoms with Gasteiger partial charge >= 0.3 is 0 Å². The van der Waals surface area contributed by atoms with E-state index >= 15 is 0 Å². The lowest BCUT2D eigenvalue weighted by Crippen LogP contribution is -2.20. The summed E-state index contributed by atoms with van der Waals surface area (Å²) in [5.74, 6) is 0.635. The summed E-state index contributed by atoms with van der Waals surface area (Å²) in [5, 5.41) is 7.35. The molecule has 1 saturated carbocycles. The summed E-state index contributed by atoms with van der Waals surface area (Å²) in [6.07, 6.45) is 7.89. The number of pyridine rings is 1. The van der Waals surface area contributed by atoms with Gasteiger partial charge in [0.15, 0.2) is 0 Å². The average Bonchev–Trinajstić information content (AvgIpc) is 2.30. The van der Waals surface area contributed by atoms with E-state index in [1.807, 2.05) is 0 Å². The second-order valence-corrected chi connectivity index (χ2v) is 4.17. The van der Waals surface area contributed by atoms with Crippen LogP contribution in [0.1, 0.15) is 37.7 Å². The summed E-state index contributed by atoms with van der Waals surface area (Å²) in [5.41, 5.74) is 6.08. The SMILES string of the molecule is N=C(N)c1ccnc(OC2CCCCC2)c1. The minimum Gasteiger partial charge on any atom is -0.474 e. The van der Waals surface area contributed by atoms with Crippen molar-refractivity contribution < 1.29 is 4.74 Å². The first kappa shape index (κ1) is 10.9. The molecule has 1 fully saturated rings. The summed E-state index contributed by atoms with van der Waals surface area (Å²) in [7, 11) is 0. The topological polar surface area (TPSA) is 72.0 Å². The van der Waals surface area contributed by atoms with E-state index in [-0.39, 0.29) is 11.9 Å². The van der Waals surface area contributed by atoms with Crippen LogP contribution in [0.3, 0.4) is 0 Å². The summed E-state index contributed by atoms with van der Waals surface area (Å²) >= 11 is 0. The number of nitrogens with zero attached hydrogens (tertiary/aromatic N) is 1. The molecule has 0 unspecified atom stereocenters. The predicted molar refractivity (Wildman–Crippen MR) is 62.8 cm³/mol. The van der Waals surface area contributed by atoms with Gasteiger partial charge in [-0.1, -0.05) is 6.42 Å². The normalized spacial score (nSPS) is 17.0. The lowest BCUT2D eigenvalue weighted by Gasteiger charge is -2.22. The van der Waals surface area contributed by atoms with Gasteiger partial charge in [-0.3, -0.25) is 5.41 Å². The van der Waals surface area contributed by atoms with Crippen molar-refractivity contribution in [1.29, 1.82) is 5.41 Å². The number of hydrogen-bond acceptors (Lipinski definition) is 3. The van der Waals surface area contributed by atoms with Gasteiger partial charge in [0.05, 0.1) is 0 Å². The number of rotatable bonds is 3. The molecule has 86 valence electrons. The average molecular weight is 219 g/mol. The molecule has 0 aliphatic heterocycles. The third kappa shape index (κ3) is 2.72. The van der Waals surface area contributed by atoms with Gasteiger partial charge in [-0.15, -0.1) is 0 Å². The molecule has 4 nitrogen and oxygen atoms in total. The summed E-state index contributed by atoms with van der Waals surface area (Å²) in [6, 6.07) is 3.45. The maximum Gasteiger partial charge on any atom is 0.214 e. The molecule has 1 aromatic heterocycles. The van der Waals surface area contributed by atoms with E-state index in [0.29, 0.717) is 11.4 Å². The lowest BCUT2D eigenvalue weighted by molar-refractivity contribution is 0.148. The molecule has 0 saturated heterocycles. The molecule has 1 aliphatic rings. The van der Waals surface area contributed by atoms with E-state index < -0.39 is 0 Å². The number of nitrogens with two attached hydrogens (primary N) is 1. The van der Waals surface area contributed by atoms with Crippen molar-refractivity contribution in [2.24, 2.45) is 5.73 Å². The Morgan fingerprint density at radius 3 is 2.81 bits per heavy atom. The Morgan fingerprint density at radius 2 is 2.12 bits per heavy atom. The molecule has 1 aromatic rings. The van der Waals surface area contributed by atoms with Gasteiger partial charge in [0.25, 0.3) is 0 Å². The van der Waals surface area contributed by atoms with E-state index in [4.69, 9.17) is 15.9 Å². The van der Waals surface area contributed by atoms with Gasteiger partial charge in [-0.25, -0.2) is 4.98 Å². The number of aromatic nitrogens is 1. The Hall–Kier alpha value is -1.58. The van der Waals surface area contributed by atoms with Crippen LogP contribution in [-0.2, 0) is 0 Å². The first-order valence-electron chi connectivity index (χ1n) is 5.73. The van der Waals surface area contributed by atoms with Crippen molar-refractivity contribution in [2.45, 2.75) is 38.2 Å². The molecule has 1 heterocycles. The van der Waals surface area contributed by atoms with Gasteiger partial charge in [-0.05, 0) is 31.7 Å². The molecule has 1 aliphatic carbocycles. The predicted octanol–water partition coefficient (Wildman–Crippen LogP) is 2.08. The molecular weight excluding hydrogens is 202 g/mol. The molecule has 4 heteroatoms. The Morgan fingerprint density at radius 1 is 1.38 bits per heavy atom. The van der Waals surface area contributed by atoms with Gasteiger partial charge in [-0.2, -0.15) is 0 Å². The second-order valence-electron chi connectivity index (χ2n) is 4.17. The van der Waals surface area contributed by atoms with Crippen molar-refractivity contribution in [2.75, 3.05) is 0 Å². The molecule has 2 rings (SSSR count). The minimum atomic E-state index is 0.0518. The van der Waals surface area contributed by atoms with Crippen molar-refractivity contribution in [1.82, 2.24) is 4.98 Å². The van der Waals surface area contributed by atoms with Gasteiger partial charge in [0, 0.05) is 17.8 Å². The van der Waals surface area contributed by atoms with Gasteiger partial charge < -0.3 is 10.5 Å². The molecule has 16 heavy (non-hydrogen) atoms. The number of nitrogens with one attached hydrogen (secondary N) is 1. The first-order valence-corrected chi connectivity index (χ1v) is 5.73. The van der Waals surface area contributed by atoms with E-state index in [9.17, 15) is 0 Å². The van der Waals surface area contributed by atoms with E-state index in [1.165, 1.54) is 19.3 Å². The second kappa shape index (κ2) is 4.96. The van der Waals surface area contributed by atoms with Crippen LogP contribution in [0.5, 0.6) is 5.88 Å². The van der Waals surface area contributed by atoms with Gasteiger partial charge in [0.2, 0.25) is 5.88 Å². The zero-order valence-electron chi connectivity index (χ0n) is 9.28. The minimum absolute atomic E-state index is 0.0518. The number of ether oxygens (including phenoxy) is 1. The maximum absolute atomic E-state index is 7.35. The molecular formula is C12H17N3O. The highest BCUT2D eigenvalue weighted by atomic mass is 16.5. The molecule has 0 bridgehead atoms. The molecule has 0 amide bonds. The highest BCUT2D eigenvalue weighted by molar-refractivity contribution is 5.95. The molecule has 0 aromatic carbocycles. The van der Waals surface area contributed by atoms with Crippen LogP contribution < -0.4 is 10.5 Å². The van der Waals surface area contributed by atoms with E-state index in [0.717, 1.165) is 12.8 Å². The van der Waals surface area contributed by atoms with E-state index in [1.54, 1.807) is 18.3 Å². The highest BCUT2D eigenvalue weighted by Crippen LogP contribution is 2.22. The van der Waals surface area contributed by atoms with Crippen molar-refractivity contribution >= 4 is 5.84 Å². The Labute approximate surface area is 95.3 Å². The van der Waals surface area contributed by atoms with Crippen molar-refractivity contribution in [3.63, 3.8) is 0 Å². The fourth-order valence-corrected chi connectivity index (χ4v) is 2.00.